The third kappa shape index (κ3) is 3.93. The molecule has 0 bridgehead atoms. The Morgan fingerprint density at radius 3 is 3.04 bits per heavy atom. The van der Waals surface area contributed by atoms with Crippen LogP contribution in [0.15, 0.2) is 29.0 Å². The van der Waals surface area contributed by atoms with Gasteiger partial charge in [0, 0.05) is 30.4 Å². The van der Waals surface area contributed by atoms with Crippen LogP contribution in [0.3, 0.4) is 0 Å². The van der Waals surface area contributed by atoms with Gasteiger partial charge in [-0.05, 0) is 6.07 Å². The second-order valence-corrected chi connectivity index (χ2v) is 5.87. The molecule has 0 spiro atoms. The number of carbonyl (C=O) groups excluding carboxylic acids is 1. The Hall–Kier alpha value is -2.54. The van der Waals surface area contributed by atoms with Crippen molar-refractivity contribution in [2.24, 2.45) is 0 Å². The van der Waals surface area contributed by atoms with Gasteiger partial charge in [-0.25, -0.2) is 4.39 Å². The van der Waals surface area contributed by atoms with E-state index in [1.807, 2.05) is 0 Å². The maximum atomic E-state index is 14.4. The van der Waals surface area contributed by atoms with Crippen molar-refractivity contribution in [3.05, 3.63) is 46.7 Å². The topological polar surface area (TPSA) is 80.2 Å². The monoisotopic (exact) mass is 365 g/mol. The van der Waals surface area contributed by atoms with Crippen molar-refractivity contribution >= 4 is 28.4 Å². The first-order chi connectivity index (χ1) is 12.1. The number of nitrogens with one attached hydrogen (secondary N) is 2. The summed E-state index contributed by atoms with van der Waals surface area (Å²) in [5.74, 6) is -0.126. The lowest BCUT2D eigenvalue weighted by Gasteiger charge is -2.07. The van der Waals surface area contributed by atoms with Crippen molar-refractivity contribution in [2.45, 2.75) is 26.3 Å². The number of amides is 1. The van der Waals surface area contributed by atoms with Gasteiger partial charge in [0.05, 0.1) is 35.1 Å². The molecule has 3 rings (SSSR count). The molecule has 3 aromatic rings. The molecular formula is C17H17ClFN3O3. The minimum absolute atomic E-state index is 0.0904. The van der Waals surface area contributed by atoms with Gasteiger partial charge in [-0.15, -0.1) is 0 Å². The highest BCUT2D eigenvalue weighted by Crippen LogP contribution is 2.32. The molecule has 132 valence electrons. The summed E-state index contributed by atoms with van der Waals surface area (Å²) < 4.78 is 24.8. The van der Waals surface area contributed by atoms with Gasteiger partial charge in [0.25, 0.3) is 0 Å². The zero-order valence-corrected chi connectivity index (χ0v) is 14.3. The number of aromatic amines is 1. The maximum Gasteiger partial charge on any atom is 0.220 e. The molecule has 0 aliphatic rings. The molecule has 2 aromatic heterocycles. The molecule has 0 fully saturated rings. The van der Waals surface area contributed by atoms with E-state index in [0.717, 1.165) is 5.69 Å². The van der Waals surface area contributed by atoms with Gasteiger partial charge in [0.1, 0.15) is 12.0 Å². The number of benzene rings is 1. The van der Waals surface area contributed by atoms with Crippen LogP contribution in [0, 0.1) is 5.82 Å². The second-order valence-electron chi connectivity index (χ2n) is 5.47. The van der Waals surface area contributed by atoms with Crippen LogP contribution in [-0.2, 0) is 17.8 Å². The number of fused-ring (bicyclic) bond motifs is 1. The van der Waals surface area contributed by atoms with E-state index in [1.165, 1.54) is 12.3 Å². The van der Waals surface area contributed by atoms with Crippen LogP contribution in [0.2, 0.25) is 5.02 Å². The minimum Gasteiger partial charge on any atom is -0.492 e. The summed E-state index contributed by atoms with van der Waals surface area (Å²) in [5.41, 5.74) is 1.63. The largest absolute Gasteiger partial charge is 0.492 e. The van der Waals surface area contributed by atoms with E-state index in [9.17, 15) is 9.18 Å². The van der Waals surface area contributed by atoms with Gasteiger partial charge in [-0.3, -0.25) is 4.79 Å². The fraction of sp³-hybridized carbons (Fsp3) is 0.294. The molecule has 6 nitrogen and oxygen atoms in total. The van der Waals surface area contributed by atoms with Gasteiger partial charge >= 0.3 is 0 Å². The van der Waals surface area contributed by atoms with Crippen molar-refractivity contribution in [3.8, 4) is 5.75 Å². The number of ether oxygens (including phenoxy) is 1. The SMILES string of the molecule is CCC(=O)NCc1[nH]c2cc(OCCc3ccon3)c(Cl)cc2c1F. The van der Waals surface area contributed by atoms with Crippen molar-refractivity contribution in [1.29, 1.82) is 0 Å². The van der Waals surface area contributed by atoms with Crippen LogP contribution in [0.5, 0.6) is 5.75 Å². The molecule has 1 amide bonds. The molecule has 0 aliphatic heterocycles. The second kappa shape index (κ2) is 7.57. The molecule has 1 aromatic carbocycles. The molecule has 2 heterocycles. The van der Waals surface area contributed by atoms with Crippen LogP contribution in [0.25, 0.3) is 10.9 Å². The first kappa shape index (κ1) is 17.3. The summed E-state index contributed by atoms with van der Waals surface area (Å²) in [5, 5.41) is 7.11. The number of rotatable bonds is 7. The molecule has 8 heteroatoms. The van der Waals surface area contributed by atoms with E-state index in [4.69, 9.17) is 20.9 Å². The average molecular weight is 366 g/mol. The van der Waals surface area contributed by atoms with E-state index < -0.39 is 5.82 Å². The molecule has 0 saturated carbocycles. The predicted octanol–water partition coefficient (Wildman–Crippen LogP) is 3.60. The van der Waals surface area contributed by atoms with Crippen LogP contribution in [0.4, 0.5) is 4.39 Å². The number of aromatic nitrogens is 2. The predicted molar refractivity (Wildman–Crippen MR) is 91.1 cm³/mol. The lowest BCUT2D eigenvalue weighted by molar-refractivity contribution is -0.120. The van der Waals surface area contributed by atoms with Gasteiger partial charge in [0.2, 0.25) is 5.91 Å². The van der Waals surface area contributed by atoms with Crippen molar-refractivity contribution < 1.29 is 18.4 Å². The van der Waals surface area contributed by atoms with E-state index >= 15 is 0 Å². The fourth-order valence-corrected chi connectivity index (χ4v) is 2.61. The summed E-state index contributed by atoms with van der Waals surface area (Å²) in [7, 11) is 0. The Morgan fingerprint density at radius 1 is 1.48 bits per heavy atom. The molecule has 0 aliphatic carbocycles. The molecular weight excluding hydrogens is 349 g/mol. The van der Waals surface area contributed by atoms with E-state index in [1.54, 1.807) is 19.1 Å². The van der Waals surface area contributed by atoms with E-state index in [2.05, 4.69) is 15.5 Å². The maximum absolute atomic E-state index is 14.4. The number of hydrogen-bond donors (Lipinski definition) is 2. The highest BCUT2D eigenvalue weighted by Gasteiger charge is 2.15. The molecule has 0 atom stereocenters. The third-order valence-electron chi connectivity index (χ3n) is 3.75. The summed E-state index contributed by atoms with van der Waals surface area (Å²) >= 11 is 6.19. The van der Waals surface area contributed by atoms with Gasteiger partial charge in [0.15, 0.2) is 5.82 Å². The van der Waals surface area contributed by atoms with Crippen molar-refractivity contribution in [1.82, 2.24) is 15.5 Å². The molecule has 25 heavy (non-hydrogen) atoms. The fourth-order valence-electron chi connectivity index (χ4n) is 2.39. The Labute approximate surface area is 148 Å². The highest BCUT2D eigenvalue weighted by atomic mass is 35.5. The third-order valence-corrected chi connectivity index (χ3v) is 4.04. The lowest BCUT2D eigenvalue weighted by atomic mass is 10.2. The van der Waals surface area contributed by atoms with E-state index in [-0.39, 0.29) is 12.5 Å². The minimum atomic E-state index is -0.428. The first-order valence-corrected chi connectivity index (χ1v) is 8.24. The summed E-state index contributed by atoms with van der Waals surface area (Å²) in [4.78, 5) is 14.3. The highest BCUT2D eigenvalue weighted by molar-refractivity contribution is 6.32. The number of carbonyl (C=O) groups is 1. The van der Waals surface area contributed by atoms with Crippen molar-refractivity contribution in [2.75, 3.05) is 6.61 Å². The van der Waals surface area contributed by atoms with Gasteiger partial charge < -0.3 is 19.6 Å². The lowest BCUT2D eigenvalue weighted by Crippen LogP contribution is -2.22. The smallest absolute Gasteiger partial charge is 0.220 e. The number of halogens is 2. The van der Waals surface area contributed by atoms with Crippen molar-refractivity contribution in [3.63, 3.8) is 0 Å². The van der Waals surface area contributed by atoms with Gasteiger partial charge in [-0.1, -0.05) is 23.7 Å². The van der Waals surface area contributed by atoms with Crippen LogP contribution < -0.4 is 10.1 Å². The standard InChI is InChI=1S/C17H17ClFN3O3/c1-2-16(23)20-9-14-17(19)11-7-12(18)15(8-13(11)21-14)24-5-3-10-4-6-25-22-10/h4,6-8,21H,2-3,5,9H2,1H3,(H,20,23). The number of hydrogen-bond acceptors (Lipinski definition) is 4. The Bertz CT molecular complexity index is 877. The average Bonchev–Trinajstić information content (AvgIpc) is 3.22. The molecule has 0 unspecified atom stereocenters. The van der Waals surface area contributed by atoms with Crippen LogP contribution in [-0.4, -0.2) is 22.7 Å². The molecule has 2 N–H and O–H groups in total. The first-order valence-electron chi connectivity index (χ1n) is 7.86. The quantitative estimate of drug-likeness (QED) is 0.670. The van der Waals surface area contributed by atoms with E-state index in [0.29, 0.717) is 46.8 Å². The normalized spacial score (nSPS) is 11.0. The Morgan fingerprint density at radius 2 is 2.32 bits per heavy atom. The zero-order chi connectivity index (χ0) is 17.8. The van der Waals surface area contributed by atoms with Gasteiger partial charge in [-0.2, -0.15) is 0 Å². The molecule has 0 radical (unpaired) electrons. The number of nitrogens with zero attached hydrogens (tertiary/aromatic N) is 1. The van der Waals surface area contributed by atoms with Crippen LogP contribution in [0.1, 0.15) is 24.7 Å². The summed E-state index contributed by atoms with van der Waals surface area (Å²) in [6.45, 7) is 2.19. The summed E-state index contributed by atoms with van der Waals surface area (Å²) in [6, 6.07) is 4.92. The zero-order valence-electron chi connectivity index (χ0n) is 13.6. The number of H-pyrrole nitrogens is 1. The van der Waals surface area contributed by atoms with Crippen LogP contribution >= 0.6 is 11.6 Å². The Balaban J connectivity index is 1.74. The Kier molecular flexibility index (Phi) is 5.23. The molecule has 0 saturated heterocycles. The summed E-state index contributed by atoms with van der Waals surface area (Å²) in [6.07, 6.45) is 2.41.